The fraction of sp³-hybridized carbons (Fsp3) is 1.00. The van der Waals surface area contributed by atoms with Crippen LogP contribution < -0.4 is 0 Å². The normalized spacial score (nSPS) is 16.2. The molecule has 1 atom stereocenters. The molecule has 0 amide bonds. The Morgan fingerprint density at radius 3 is 1.58 bits per heavy atom. The SMILES string of the molecule is CCCCCCCOCCCC(F)(C(F)(F)F)C(F)(F)C(F)(F)F. The first kappa shape index (κ1) is 23.3. The fourth-order valence-electron chi connectivity index (χ4n) is 2.03. The summed E-state index contributed by atoms with van der Waals surface area (Å²) in [6.45, 7) is 1.60. The molecule has 0 saturated heterocycles. The van der Waals surface area contributed by atoms with E-state index in [2.05, 4.69) is 0 Å². The van der Waals surface area contributed by atoms with E-state index in [1.807, 2.05) is 6.92 Å². The van der Waals surface area contributed by atoms with Crippen molar-refractivity contribution in [3.63, 3.8) is 0 Å². The highest BCUT2D eigenvalue weighted by atomic mass is 19.4. The van der Waals surface area contributed by atoms with E-state index in [1.165, 1.54) is 0 Å². The lowest BCUT2D eigenvalue weighted by Gasteiger charge is -2.35. The number of alkyl halides is 9. The molecule has 0 aromatic heterocycles. The lowest BCUT2D eigenvalue weighted by atomic mass is 9.91. The van der Waals surface area contributed by atoms with Gasteiger partial charge in [-0.3, -0.25) is 0 Å². The van der Waals surface area contributed by atoms with Gasteiger partial charge in [0.25, 0.3) is 5.67 Å². The zero-order valence-electron chi connectivity index (χ0n) is 13.2. The van der Waals surface area contributed by atoms with Crippen molar-refractivity contribution < 1.29 is 44.3 Å². The van der Waals surface area contributed by atoms with E-state index in [9.17, 15) is 39.5 Å². The largest absolute Gasteiger partial charge is 0.457 e. The van der Waals surface area contributed by atoms with Crippen molar-refractivity contribution in [2.45, 2.75) is 75.8 Å². The van der Waals surface area contributed by atoms with E-state index in [4.69, 9.17) is 4.74 Å². The van der Waals surface area contributed by atoms with Crippen LogP contribution in [-0.2, 0) is 4.74 Å². The van der Waals surface area contributed by atoms with Crippen LogP contribution in [0.15, 0.2) is 0 Å². The van der Waals surface area contributed by atoms with E-state index < -0.39 is 43.4 Å². The van der Waals surface area contributed by atoms with Gasteiger partial charge in [-0.25, -0.2) is 4.39 Å². The quantitative estimate of drug-likeness (QED) is 0.307. The first-order valence-electron chi connectivity index (χ1n) is 7.59. The molecule has 0 spiro atoms. The van der Waals surface area contributed by atoms with Crippen molar-refractivity contribution in [2.24, 2.45) is 0 Å². The Morgan fingerprint density at radius 2 is 1.12 bits per heavy atom. The van der Waals surface area contributed by atoms with Gasteiger partial charge in [-0.15, -0.1) is 0 Å². The zero-order valence-corrected chi connectivity index (χ0v) is 13.2. The lowest BCUT2D eigenvalue weighted by molar-refractivity contribution is -0.384. The second-order valence-corrected chi connectivity index (χ2v) is 5.50. The molecule has 0 aliphatic rings. The number of halogens is 9. The number of ether oxygens (including phenoxy) is 1. The first-order chi connectivity index (χ1) is 10.8. The molecule has 0 radical (unpaired) electrons. The molecule has 0 aliphatic carbocycles. The Balaban J connectivity index is 4.49. The Labute approximate surface area is 134 Å². The summed E-state index contributed by atoms with van der Waals surface area (Å²) in [5.74, 6) is -6.53. The van der Waals surface area contributed by atoms with Crippen molar-refractivity contribution >= 4 is 0 Å². The van der Waals surface area contributed by atoms with Crippen molar-refractivity contribution in [1.82, 2.24) is 0 Å². The minimum atomic E-state index is -6.64. The van der Waals surface area contributed by atoms with Gasteiger partial charge in [-0.1, -0.05) is 32.6 Å². The minimum Gasteiger partial charge on any atom is -0.381 e. The highest BCUT2D eigenvalue weighted by Gasteiger charge is 2.80. The lowest BCUT2D eigenvalue weighted by Crippen LogP contribution is -2.62. The van der Waals surface area contributed by atoms with E-state index in [1.54, 1.807) is 0 Å². The standard InChI is InChI=1S/C14H21F9O/c1-2-3-4-5-6-9-24-10-7-8-11(15,13(18,19)20)12(16,17)14(21,22)23/h2-10H2,1H3. The summed E-state index contributed by atoms with van der Waals surface area (Å²) in [7, 11) is 0. The highest BCUT2D eigenvalue weighted by Crippen LogP contribution is 2.54. The fourth-order valence-corrected chi connectivity index (χ4v) is 2.03. The van der Waals surface area contributed by atoms with Crippen LogP contribution in [0.1, 0.15) is 51.9 Å². The predicted octanol–water partition coefficient (Wildman–Crippen LogP) is 6.22. The topological polar surface area (TPSA) is 9.23 Å². The molecular weight excluding hydrogens is 355 g/mol. The van der Waals surface area contributed by atoms with Gasteiger partial charge in [0.1, 0.15) is 0 Å². The van der Waals surface area contributed by atoms with Gasteiger partial charge >= 0.3 is 18.3 Å². The number of rotatable bonds is 11. The molecule has 0 bridgehead atoms. The van der Waals surface area contributed by atoms with Crippen LogP contribution >= 0.6 is 0 Å². The molecule has 10 heteroatoms. The minimum absolute atomic E-state index is 0.130. The average molecular weight is 376 g/mol. The average Bonchev–Trinajstić information content (AvgIpc) is 2.42. The van der Waals surface area contributed by atoms with E-state index >= 15 is 0 Å². The molecular formula is C14H21F9O. The third-order valence-electron chi connectivity index (χ3n) is 3.51. The molecule has 24 heavy (non-hydrogen) atoms. The van der Waals surface area contributed by atoms with Crippen LogP contribution in [0.25, 0.3) is 0 Å². The summed E-state index contributed by atoms with van der Waals surface area (Å²) in [6.07, 6.45) is -11.6. The monoisotopic (exact) mass is 376 g/mol. The third-order valence-corrected chi connectivity index (χ3v) is 3.51. The summed E-state index contributed by atoms with van der Waals surface area (Å²) < 4.78 is 118. The van der Waals surface area contributed by atoms with E-state index in [0.29, 0.717) is 6.42 Å². The molecule has 1 unspecified atom stereocenters. The molecule has 0 rings (SSSR count). The molecule has 0 aromatic rings. The maximum absolute atomic E-state index is 13.6. The summed E-state index contributed by atoms with van der Waals surface area (Å²) in [5, 5.41) is 0. The van der Waals surface area contributed by atoms with Crippen LogP contribution in [0.5, 0.6) is 0 Å². The Kier molecular flexibility index (Phi) is 8.89. The summed E-state index contributed by atoms with van der Waals surface area (Å²) in [6, 6.07) is 0. The second-order valence-electron chi connectivity index (χ2n) is 5.50. The second kappa shape index (κ2) is 9.15. The molecule has 0 aromatic carbocycles. The zero-order chi connectivity index (χ0) is 19.1. The third kappa shape index (κ3) is 6.00. The van der Waals surface area contributed by atoms with Gasteiger partial charge in [0.2, 0.25) is 0 Å². The van der Waals surface area contributed by atoms with Gasteiger partial charge in [0, 0.05) is 13.2 Å². The first-order valence-corrected chi connectivity index (χ1v) is 7.59. The summed E-state index contributed by atoms with van der Waals surface area (Å²) in [4.78, 5) is 0. The van der Waals surface area contributed by atoms with Crippen LogP contribution in [0, 0.1) is 0 Å². The Hall–Kier alpha value is -0.670. The molecule has 0 N–H and O–H groups in total. The maximum atomic E-state index is 13.6. The predicted molar refractivity (Wildman–Crippen MR) is 69.7 cm³/mol. The summed E-state index contributed by atoms with van der Waals surface area (Å²) >= 11 is 0. The van der Waals surface area contributed by atoms with Gasteiger partial charge in [0.05, 0.1) is 0 Å². The van der Waals surface area contributed by atoms with E-state index in [-0.39, 0.29) is 6.61 Å². The van der Waals surface area contributed by atoms with Crippen molar-refractivity contribution in [3.8, 4) is 0 Å². The van der Waals surface area contributed by atoms with Gasteiger partial charge in [0.15, 0.2) is 0 Å². The number of hydrogen-bond acceptors (Lipinski definition) is 1. The van der Waals surface area contributed by atoms with E-state index in [0.717, 1.165) is 25.7 Å². The molecule has 146 valence electrons. The molecule has 1 nitrogen and oxygen atoms in total. The van der Waals surface area contributed by atoms with Gasteiger partial charge in [-0.2, -0.15) is 35.1 Å². The Morgan fingerprint density at radius 1 is 0.625 bits per heavy atom. The summed E-state index contributed by atoms with van der Waals surface area (Å²) in [5.41, 5.74) is -5.68. The van der Waals surface area contributed by atoms with Crippen molar-refractivity contribution in [2.75, 3.05) is 13.2 Å². The smallest absolute Gasteiger partial charge is 0.381 e. The van der Waals surface area contributed by atoms with Crippen LogP contribution in [0.3, 0.4) is 0 Å². The van der Waals surface area contributed by atoms with Crippen molar-refractivity contribution in [1.29, 1.82) is 0 Å². The molecule has 0 aliphatic heterocycles. The van der Waals surface area contributed by atoms with Crippen LogP contribution in [-0.4, -0.2) is 37.2 Å². The van der Waals surface area contributed by atoms with Crippen LogP contribution in [0.4, 0.5) is 39.5 Å². The van der Waals surface area contributed by atoms with Crippen molar-refractivity contribution in [3.05, 3.63) is 0 Å². The maximum Gasteiger partial charge on any atom is 0.457 e. The molecule has 0 heterocycles. The highest BCUT2D eigenvalue weighted by molar-refractivity contribution is 5.03. The van der Waals surface area contributed by atoms with Gasteiger partial charge < -0.3 is 4.74 Å². The molecule has 0 fully saturated rings. The van der Waals surface area contributed by atoms with Crippen LogP contribution in [0.2, 0.25) is 0 Å². The number of unbranched alkanes of at least 4 members (excludes halogenated alkanes) is 4. The van der Waals surface area contributed by atoms with Gasteiger partial charge in [-0.05, 0) is 19.3 Å². The number of hydrogen-bond donors (Lipinski definition) is 0. The Bertz CT molecular complexity index is 351. The molecule has 0 saturated carbocycles.